The molecule has 0 amide bonds. The Hall–Kier alpha value is -6.63. The molecule has 4 aromatic heterocycles. The molecule has 238 valence electrons. The van der Waals surface area contributed by atoms with Crippen molar-refractivity contribution in [3.8, 4) is 34.4 Å². The fourth-order valence-electron chi connectivity index (χ4n) is 7.76. The van der Waals surface area contributed by atoms with Gasteiger partial charge >= 0.3 is 0 Å². The minimum atomic E-state index is 0.583. The van der Waals surface area contributed by atoms with Crippen LogP contribution in [0.4, 0.5) is 0 Å². The highest BCUT2D eigenvalue weighted by molar-refractivity contribution is 7.25. The highest BCUT2D eigenvalue weighted by atomic mass is 32.1. The largest absolute Gasteiger partial charge is 0.309 e. The molecule has 6 heteroatoms. The summed E-state index contributed by atoms with van der Waals surface area (Å²) >= 11 is 1.81. The summed E-state index contributed by atoms with van der Waals surface area (Å²) in [6.45, 7) is 0. The van der Waals surface area contributed by atoms with Crippen molar-refractivity contribution in [1.82, 2.24) is 24.1 Å². The van der Waals surface area contributed by atoms with Crippen LogP contribution in [0, 0.1) is 0 Å². The van der Waals surface area contributed by atoms with Gasteiger partial charge in [0.1, 0.15) is 0 Å². The Balaban J connectivity index is 1.22. The van der Waals surface area contributed by atoms with Crippen LogP contribution in [-0.4, -0.2) is 24.1 Å². The topological polar surface area (TPSA) is 48.5 Å². The molecule has 0 aliphatic heterocycles. The third-order valence-electron chi connectivity index (χ3n) is 10.0. The molecule has 0 bridgehead atoms. The quantitative estimate of drug-likeness (QED) is 0.187. The summed E-state index contributed by atoms with van der Waals surface area (Å²) in [6, 6.07) is 57.8. The standard InChI is InChI=1S/C45H27N5S/c1-7-19-36-29(13-1)30-14-2-8-20-37(30)49(36)40-23-11-5-18-34(40)44-46-43(28-25-26-42-35(27-28)33-17-6-12-24-41(33)51-42)47-45(48-44)50-38-21-9-3-15-31(38)32-16-4-10-22-39(32)50/h1-27H. The van der Waals surface area contributed by atoms with Gasteiger partial charge < -0.3 is 4.57 Å². The lowest BCUT2D eigenvalue weighted by atomic mass is 10.1. The van der Waals surface area contributed by atoms with Gasteiger partial charge in [0, 0.05) is 52.8 Å². The van der Waals surface area contributed by atoms with E-state index >= 15 is 0 Å². The zero-order valence-corrected chi connectivity index (χ0v) is 28.0. The summed E-state index contributed by atoms with van der Waals surface area (Å²) in [4.78, 5) is 15.9. The molecule has 0 N–H and O–H groups in total. The summed E-state index contributed by atoms with van der Waals surface area (Å²) in [6.07, 6.45) is 0. The molecular formula is C45H27N5S. The van der Waals surface area contributed by atoms with Gasteiger partial charge in [0.2, 0.25) is 5.95 Å². The van der Waals surface area contributed by atoms with Crippen molar-refractivity contribution in [2.75, 3.05) is 0 Å². The van der Waals surface area contributed by atoms with Crippen molar-refractivity contribution in [3.63, 3.8) is 0 Å². The number of rotatable bonds is 4. The Morgan fingerprint density at radius 2 is 0.863 bits per heavy atom. The van der Waals surface area contributed by atoms with E-state index in [2.05, 4.69) is 173 Å². The van der Waals surface area contributed by atoms with Gasteiger partial charge in [-0.25, -0.2) is 4.98 Å². The van der Waals surface area contributed by atoms with Crippen LogP contribution in [0.15, 0.2) is 164 Å². The second-order valence-electron chi connectivity index (χ2n) is 12.8. The van der Waals surface area contributed by atoms with Crippen LogP contribution in [0.5, 0.6) is 0 Å². The van der Waals surface area contributed by atoms with Crippen LogP contribution in [0.25, 0.3) is 98.2 Å². The molecule has 0 saturated heterocycles. The molecule has 7 aromatic carbocycles. The van der Waals surface area contributed by atoms with E-state index < -0.39 is 0 Å². The first-order valence-electron chi connectivity index (χ1n) is 17.0. The number of para-hydroxylation sites is 5. The third-order valence-corrected chi connectivity index (χ3v) is 11.2. The molecule has 0 spiro atoms. The third kappa shape index (κ3) is 4.24. The second-order valence-corrected chi connectivity index (χ2v) is 13.9. The predicted octanol–water partition coefficient (Wildman–Crippen LogP) is 11.8. The molecule has 0 unspecified atom stereocenters. The zero-order valence-electron chi connectivity index (χ0n) is 27.2. The first-order chi connectivity index (χ1) is 25.3. The van der Waals surface area contributed by atoms with Crippen LogP contribution in [0.1, 0.15) is 0 Å². The molecule has 11 aromatic rings. The molecule has 0 saturated carbocycles. The van der Waals surface area contributed by atoms with Gasteiger partial charge in [-0.3, -0.25) is 4.57 Å². The maximum atomic E-state index is 5.33. The highest BCUT2D eigenvalue weighted by Crippen LogP contribution is 2.39. The lowest BCUT2D eigenvalue weighted by molar-refractivity contribution is 0.952. The van der Waals surface area contributed by atoms with Gasteiger partial charge in [-0.15, -0.1) is 11.3 Å². The smallest absolute Gasteiger partial charge is 0.238 e. The summed E-state index contributed by atoms with van der Waals surface area (Å²) in [7, 11) is 0. The normalized spacial score (nSPS) is 11.9. The van der Waals surface area contributed by atoms with Gasteiger partial charge in [-0.1, -0.05) is 103 Å². The first-order valence-corrected chi connectivity index (χ1v) is 17.9. The van der Waals surface area contributed by atoms with E-state index in [1.54, 1.807) is 0 Å². The fraction of sp³-hybridized carbons (Fsp3) is 0. The average molecular weight is 670 g/mol. The number of hydrogen-bond donors (Lipinski definition) is 0. The summed E-state index contributed by atoms with van der Waals surface area (Å²) < 4.78 is 7.04. The maximum Gasteiger partial charge on any atom is 0.238 e. The molecule has 0 atom stereocenters. The van der Waals surface area contributed by atoms with E-state index in [0.29, 0.717) is 17.6 Å². The van der Waals surface area contributed by atoms with Crippen LogP contribution in [0.2, 0.25) is 0 Å². The molecule has 11 rings (SSSR count). The van der Waals surface area contributed by atoms with Crippen molar-refractivity contribution in [2.24, 2.45) is 0 Å². The Morgan fingerprint density at radius 3 is 1.51 bits per heavy atom. The monoisotopic (exact) mass is 669 g/mol. The summed E-state index contributed by atoms with van der Waals surface area (Å²) in [5.41, 5.74) is 7.27. The number of benzene rings is 7. The summed E-state index contributed by atoms with van der Waals surface area (Å²) in [5, 5.41) is 7.19. The van der Waals surface area contributed by atoms with Crippen LogP contribution < -0.4 is 0 Å². The van der Waals surface area contributed by atoms with E-state index in [1.807, 2.05) is 11.3 Å². The molecule has 4 heterocycles. The maximum absolute atomic E-state index is 5.33. The van der Waals surface area contributed by atoms with Gasteiger partial charge in [0.05, 0.1) is 27.8 Å². The van der Waals surface area contributed by atoms with Crippen molar-refractivity contribution in [2.45, 2.75) is 0 Å². The SMILES string of the molecule is c1ccc(-n2c3ccccc3c3ccccc32)c(-c2nc(-c3ccc4sc5ccccc5c4c3)nc(-n3c4ccccc4c4ccccc43)n2)c1. The van der Waals surface area contributed by atoms with E-state index in [0.717, 1.165) is 49.7 Å². The Kier molecular flexibility index (Phi) is 6.05. The zero-order chi connectivity index (χ0) is 33.5. The fourth-order valence-corrected chi connectivity index (χ4v) is 8.84. The first kappa shape index (κ1) is 28.2. The van der Waals surface area contributed by atoms with Crippen LogP contribution >= 0.6 is 11.3 Å². The van der Waals surface area contributed by atoms with E-state index in [1.165, 1.54) is 30.9 Å². The predicted molar refractivity (Wildman–Crippen MR) is 212 cm³/mol. The second kappa shape index (κ2) is 10.9. The minimum absolute atomic E-state index is 0.583. The van der Waals surface area contributed by atoms with Crippen LogP contribution in [-0.2, 0) is 0 Å². The van der Waals surface area contributed by atoms with Crippen molar-refractivity contribution in [1.29, 1.82) is 0 Å². The van der Waals surface area contributed by atoms with E-state index in [9.17, 15) is 0 Å². The Bertz CT molecular complexity index is 3060. The van der Waals surface area contributed by atoms with E-state index in [4.69, 9.17) is 15.0 Å². The molecular weight excluding hydrogens is 643 g/mol. The number of nitrogens with zero attached hydrogens (tertiary/aromatic N) is 5. The van der Waals surface area contributed by atoms with Crippen molar-refractivity contribution < 1.29 is 0 Å². The van der Waals surface area contributed by atoms with E-state index in [-0.39, 0.29) is 0 Å². The van der Waals surface area contributed by atoms with Crippen molar-refractivity contribution in [3.05, 3.63) is 164 Å². The van der Waals surface area contributed by atoms with Gasteiger partial charge in [-0.2, -0.15) is 9.97 Å². The molecule has 0 fully saturated rings. The lowest BCUT2D eigenvalue weighted by Crippen LogP contribution is -2.07. The number of fused-ring (bicyclic) bond motifs is 9. The Labute approximate surface area is 296 Å². The summed E-state index contributed by atoms with van der Waals surface area (Å²) in [5.74, 6) is 1.83. The molecule has 5 nitrogen and oxygen atoms in total. The molecule has 51 heavy (non-hydrogen) atoms. The highest BCUT2D eigenvalue weighted by Gasteiger charge is 2.21. The number of hydrogen-bond acceptors (Lipinski definition) is 4. The van der Waals surface area contributed by atoms with Crippen LogP contribution in [0.3, 0.4) is 0 Å². The van der Waals surface area contributed by atoms with Gasteiger partial charge in [-0.05, 0) is 60.7 Å². The molecule has 0 aliphatic rings. The molecule has 0 aliphatic carbocycles. The molecule has 0 radical (unpaired) electrons. The Morgan fingerprint density at radius 1 is 0.373 bits per heavy atom. The van der Waals surface area contributed by atoms with Gasteiger partial charge in [0.15, 0.2) is 11.6 Å². The number of aromatic nitrogens is 5. The van der Waals surface area contributed by atoms with Gasteiger partial charge in [0.25, 0.3) is 0 Å². The minimum Gasteiger partial charge on any atom is -0.309 e. The average Bonchev–Trinajstić information content (AvgIpc) is 3.85. The van der Waals surface area contributed by atoms with Crippen molar-refractivity contribution >= 4 is 75.1 Å². The lowest BCUT2D eigenvalue weighted by Gasteiger charge is -2.15. The number of thiophene rings is 1.